The van der Waals surface area contributed by atoms with Crippen molar-refractivity contribution in [2.24, 2.45) is 5.84 Å². The van der Waals surface area contributed by atoms with Crippen LogP contribution in [-0.2, 0) is 0 Å². The summed E-state index contributed by atoms with van der Waals surface area (Å²) < 4.78 is 0. The van der Waals surface area contributed by atoms with Gasteiger partial charge in [0.2, 0.25) is 0 Å². The highest BCUT2D eigenvalue weighted by Crippen LogP contribution is 2.12. The third-order valence-electron chi connectivity index (χ3n) is 2.60. The van der Waals surface area contributed by atoms with Crippen molar-refractivity contribution in [3.63, 3.8) is 0 Å². The van der Waals surface area contributed by atoms with Crippen molar-refractivity contribution in [3.8, 4) is 0 Å². The number of hydrogen-bond donors (Lipinski definition) is 4. The van der Waals surface area contributed by atoms with E-state index >= 15 is 0 Å². The van der Waals surface area contributed by atoms with Crippen molar-refractivity contribution in [1.82, 2.24) is 25.3 Å². The number of carbonyl (C=O) groups is 1. The number of aromatic amines is 1. The molecule has 5 N–H and O–H groups in total. The molecule has 0 radical (unpaired) electrons. The first-order chi connectivity index (χ1) is 9.24. The lowest BCUT2D eigenvalue weighted by molar-refractivity contribution is 0.0928. The van der Waals surface area contributed by atoms with Gasteiger partial charge in [-0.15, -0.1) is 0 Å². The Morgan fingerprint density at radius 3 is 2.79 bits per heavy atom. The average Bonchev–Trinajstić information content (AvgIpc) is 2.98. The zero-order chi connectivity index (χ0) is 13.7. The number of H-pyrrole nitrogens is 1. The molecule has 0 aliphatic rings. The number of nitrogens with one attached hydrogen (secondary N) is 3. The third kappa shape index (κ3) is 3.05. The molecule has 2 aromatic rings. The first-order valence-corrected chi connectivity index (χ1v) is 5.83. The maximum atomic E-state index is 12.0. The summed E-state index contributed by atoms with van der Waals surface area (Å²) in [5.74, 6) is 5.98. The van der Waals surface area contributed by atoms with E-state index in [2.05, 4.69) is 30.7 Å². The molecule has 0 aromatic carbocycles. The molecule has 8 nitrogen and oxygen atoms in total. The van der Waals surface area contributed by atoms with Crippen molar-refractivity contribution in [2.45, 2.75) is 19.4 Å². The van der Waals surface area contributed by atoms with Crippen LogP contribution >= 0.6 is 0 Å². The number of hydrogen-bond acceptors (Lipinski definition) is 6. The van der Waals surface area contributed by atoms with Crippen molar-refractivity contribution in [3.05, 3.63) is 36.3 Å². The lowest BCUT2D eigenvalue weighted by atomic mass is 10.2. The van der Waals surface area contributed by atoms with Gasteiger partial charge >= 0.3 is 0 Å². The van der Waals surface area contributed by atoms with E-state index < -0.39 is 0 Å². The van der Waals surface area contributed by atoms with E-state index in [1.165, 1.54) is 12.4 Å². The van der Waals surface area contributed by atoms with Gasteiger partial charge in [-0.1, -0.05) is 6.92 Å². The Labute approximate surface area is 109 Å². The molecule has 1 atom stereocenters. The Morgan fingerprint density at radius 1 is 1.42 bits per heavy atom. The molecule has 8 heteroatoms. The van der Waals surface area contributed by atoms with Gasteiger partial charge in [0, 0.05) is 12.4 Å². The van der Waals surface area contributed by atoms with Gasteiger partial charge in [0.15, 0.2) is 5.82 Å². The van der Waals surface area contributed by atoms with Crippen LogP contribution < -0.4 is 16.6 Å². The van der Waals surface area contributed by atoms with Crippen molar-refractivity contribution in [2.75, 3.05) is 5.43 Å². The fourth-order valence-electron chi connectivity index (χ4n) is 1.58. The molecule has 0 aliphatic carbocycles. The quantitative estimate of drug-likeness (QED) is 0.455. The highest BCUT2D eigenvalue weighted by Gasteiger charge is 2.16. The number of nitrogens with two attached hydrogens (primary N) is 1. The van der Waals surface area contributed by atoms with Crippen molar-refractivity contribution < 1.29 is 4.79 Å². The fraction of sp³-hybridized carbons (Fsp3) is 0.273. The molecule has 0 aliphatic heterocycles. The third-order valence-corrected chi connectivity index (χ3v) is 2.60. The molecule has 19 heavy (non-hydrogen) atoms. The standard InChI is InChI=1S/C11H15N7O/c1-2-7(10-13-3-4-14-10)17-11(19)8-5-16-9(18-12)6-15-8/h3-7H,2,12H2,1H3,(H,13,14)(H,16,18)(H,17,19). The first-order valence-electron chi connectivity index (χ1n) is 5.83. The minimum Gasteiger partial charge on any atom is -0.347 e. The topological polar surface area (TPSA) is 122 Å². The number of imidazole rings is 1. The Kier molecular flexibility index (Phi) is 4.04. The van der Waals surface area contributed by atoms with Crippen LogP contribution in [0.5, 0.6) is 0 Å². The monoisotopic (exact) mass is 261 g/mol. The maximum Gasteiger partial charge on any atom is 0.272 e. The van der Waals surface area contributed by atoms with Gasteiger partial charge in [0.25, 0.3) is 5.91 Å². The number of nitrogens with zero attached hydrogens (tertiary/aromatic N) is 3. The Bertz CT molecular complexity index is 522. The van der Waals surface area contributed by atoms with Gasteiger partial charge in [0.1, 0.15) is 11.5 Å². The molecule has 100 valence electrons. The lowest BCUT2D eigenvalue weighted by Gasteiger charge is -2.14. The zero-order valence-electron chi connectivity index (χ0n) is 10.4. The van der Waals surface area contributed by atoms with E-state index in [1.54, 1.807) is 12.4 Å². The van der Waals surface area contributed by atoms with Crippen LogP contribution in [0.15, 0.2) is 24.8 Å². The summed E-state index contributed by atoms with van der Waals surface area (Å²) in [6, 6.07) is -0.184. The largest absolute Gasteiger partial charge is 0.347 e. The van der Waals surface area contributed by atoms with Crippen molar-refractivity contribution >= 4 is 11.7 Å². The van der Waals surface area contributed by atoms with E-state index in [1.807, 2.05) is 6.92 Å². The second-order valence-corrected chi connectivity index (χ2v) is 3.84. The average molecular weight is 261 g/mol. The van der Waals surface area contributed by atoms with Crippen LogP contribution in [0.1, 0.15) is 35.7 Å². The fourth-order valence-corrected chi connectivity index (χ4v) is 1.58. The SMILES string of the molecule is CCC(NC(=O)c1cnc(NN)cn1)c1ncc[nH]1. The predicted molar refractivity (Wildman–Crippen MR) is 68.9 cm³/mol. The number of aromatic nitrogens is 4. The highest BCUT2D eigenvalue weighted by molar-refractivity contribution is 5.92. The van der Waals surface area contributed by atoms with Crippen LogP contribution in [0, 0.1) is 0 Å². The number of anilines is 1. The molecular weight excluding hydrogens is 246 g/mol. The zero-order valence-corrected chi connectivity index (χ0v) is 10.4. The van der Waals surface area contributed by atoms with Crippen LogP contribution in [0.4, 0.5) is 5.82 Å². The Morgan fingerprint density at radius 2 is 2.26 bits per heavy atom. The summed E-state index contributed by atoms with van der Waals surface area (Å²) in [6.07, 6.45) is 6.83. The summed E-state index contributed by atoms with van der Waals surface area (Å²) in [5.41, 5.74) is 2.57. The van der Waals surface area contributed by atoms with Gasteiger partial charge in [-0.25, -0.2) is 20.8 Å². The number of hydrazine groups is 1. The van der Waals surface area contributed by atoms with Crippen LogP contribution in [0.3, 0.4) is 0 Å². The van der Waals surface area contributed by atoms with E-state index in [4.69, 9.17) is 5.84 Å². The molecule has 1 unspecified atom stereocenters. The molecule has 2 rings (SSSR count). The van der Waals surface area contributed by atoms with E-state index in [-0.39, 0.29) is 17.6 Å². The summed E-state index contributed by atoms with van der Waals surface area (Å²) in [4.78, 5) is 27.0. The molecule has 0 fully saturated rings. The summed E-state index contributed by atoms with van der Waals surface area (Å²) in [7, 11) is 0. The molecule has 0 saturated carbocycles. The molecule has 1 amide bonds. The van der Waals surface area contributed by atoms with E-state index in [9.17, 15) is 4.79 Å². The second kappa shape index (κ2) is 5.91. The molecule has 0 bridgehead atoms. The molecular formula is C11H15N7O. The minimum atomic E-state index is -0.306. The second-order valence-electron chi connectivity index (χ2n) is 3.84. The summed E-state index contributed by atoms with van der Waals surface area (Å²) in [6.45, 7) is 1.96. The minimum absolute atomic E-state index is 0.184. The van der Waals surface area contributed by atoms with Gasteiger partial charge < -0.3 is 15.7 Å². The molecule has 0 spiro atoms. The van der Waals surface area contributed by atoms with E-state index in [0.29, 0.717) is 11.6 Å². The molecule has 2 heterocycles. The summed E-state index contributed by atoms with van der Waals surface area (Å²) >= 11 is 0. The lowest BCUT2D eigenvalue weighted by Crippen LogP contribution is -2.29. The first kappa shape index (κ1) is 13.0. The number of rotatable bonds is 5. The Hall–Kier alpha value is -2.48. The normalized spacial score (nSPS) is 11.9. The smallest absolute Gasteiger partial charge is 0.272 e. The maximum absolute atomic E-state index is 12.0. The van der Waals surface area contributed by atoms with Gasteiger partial charge in [-0.3, -0.25) is 4.79 Å². The predicted octanol–water partition coefficient (Wildman–Crippen LogP) is 0.366. The highest BCUT2D eigenvalue weighted by atomic mass is 16.2. The summed E-state index contributed by atoms with van der Waals surface area (Å²) in [5, 5.41) is 2.84. The van der Waals surface area contributed by atoms with Crippen LogP contribution in [-0.4, -0.2) is 25.8 Å². The van der Waals surface area contributed by atoms with Crippen LogP contribution in [0.25, 0.3) is 0 Å². The number of nitrogen functional groups attached to an aromatic ring is 1. The van der Waals surface area contributed by atoms with Crippen LogP contribution in [0.2, 0.25) is 0 Å². The van der Waals surface area contributed by atoms with Crippen molar-refractivity contribution in [1.29, 1.82) is 0 Å². The molecule has 0 saturated heterocycles. The van der Waals surface area contributed by atoms with Gasteiger partial charge in [-0.2, -0.15) is 0 Å². The number of carbonyl (C=O) groups excluding carboxylic acids is 1. The van der Waals surface area contributed by atoms with Gasteiger partial charge in [-0.05, 0) is 6.42 Å². The van der Waals surface area contributed by atoms with Gasteiger partial charge in [0.05, 0.1) is 18.4 Å². The number of amides is 1. The molecule has 2 aromatic heterocycles. The Balaban J connectivity index is 2.06. The van der Waals surface area contributed by atoms with E-state index in [0.717, 1.165) is 6.42 Å².